The summed E-state index contributed by atoms with van der Waals surface area (Å²) in [6.07, 6.45) is 4.62. The Bertz CT molecular complexity index is 1560. The number of nitriles is 1. The summed E-state index contributed by atoms with van der Waals surface area (Å²) in [6.45, 7) is 3.68. The van der Waals surface area contributed by atoms with Crippen LogP contribution in [0.4, 0.5) is 0 Å². The summed E-state index contributed by atoms with van der Waals surface area (Å²) in [4.78, 5) is 13.2. The van der Waals surface area contributed by atoms with E-state index in [1.165, 1.54) is 11.8 Å². The highest BCUT2D eigenvalue weighted by Crippen LogP contribution is 2.28. The minimum atomic E-state index is -0.0796. The first-order valence-corrected chi connectivity index (χ1v) is 11.8. The summed E-state index contributed by atoms with van der Waals surface area (Å²) in [5.74, 6) is 1.07. The van der Waals surface area contributed by atoms with Crippen molar-refractivity contribution in [2.45, 2.75) is 30.8 Å². The molecule has 0 bridgehead atoms. The van der Waals surface area contributed by atoms with Crippen LogP contribution < -0.4 is 5.56 Å². The summed E-state index contributed by atoms with van der Waals surface area (Å²) >= 11 is 1.50. The second-order valence-electron chi connectivity index (χ2n) is 7.57. The van der Waals surface area contributed by atoms with Crippen LogP contribution in [0, 0.1) is 11.3 Å². The van der Waals surface area contributed by atoms with Crippen molar-refractivity contribution in [2.24, 2.45) is 0 Å². The zero-order valence-corrected chi connectivity index (χ0v) is 19.0. The third-order valence-corrected chi connectivity index (χ3v) is 6.56. The first kappa shape index (κ1) is 21.2. The number of aromatic nitrogens is 5. The van der Waals surface area contributed by atoms with E-state index >= 15 is 0 Å². The topological polar surface area (TPSA) is 89.6 Å². The number of para-hydroxylation sites is 1. The molecule has 0 amide bonds. The second kappa shape index (κ2) is 9.10. The lowest BCUT2D eigenvalue weighted by atomic mass is 10.2. The van der Waals surface area contributed by atoms with Gasteiger partial charge >= 0.3 is 0 Å². The fraction of sp³-hybridized carbons (Fsp3) is 0.250. The molecule has 0 aliphatic heterocycles. The number of hydrogen-bond acceptors (Lipinski definition) is 6. The Kier molecular flexibility index (Phi) is 5.86. The molecule has 0 aliphatic rings. The Morgan fingerprint density at radius 1 is 1.12 bits per heavy atom. The molecule has 0 saturated carbocycles. The Morgan fingerprint density at radius 2 is 1.94 bits per heavy atom. The van der Waals surface area contributed by atoms with E-state index in [2.05, 4.69) is 16.3 Å². The van der Waals surface area contributed by atoms with E-state index in [9.17, 15) is 10.1 Å². The molecule has 0 spiro atoms. The van der Waals surface area contributed by atoms with Crippen LogP contribution in [0.1, 0.15) is 24.5 Å². The lowest BCUT2D eigenvalue weighted by Crippen LogP contribution is -2.24. The number of thioether (sulfide) groups is 1. The molecule has 0 aliphatic carbocycles. The van der Waals surface area contributed by atoms with Crippen molar-refractivity contribution in [1.29, 1.82) is 5.26 Å². The standard InChI is InChI=1S/C24H22N6O2S/c1-2-32-13-7-12-29-22(31)18-8-3-4-10-21(18)30-23(29)26-27-24(30)33-16-17-15-28-11-6-5-9-20(28)19(17)14-25/h3-6,8-11,15H,2,7,12-13,16H2,1H3. The summed E-state index contributed by atoms with van der Waals surface area (Å²) < 4.78 is 11.0. The van der Waals surface area contributed by atoms with Crippen LogP contribution in [0.5, 0.6) is 0 Å². The van der Waals surface area contributed by atoms with Gasteiger partial charge in [0.05, 0.1) is 22.0 Å². The number of hydrogen-bond donors (Lipinski definition) is 0. The third kappa shape index (κ3) is 3.77. The predicted octanol–water partition coefficient (Wildman–Crippen LogP) is 3.89. The molecule has 0 fully saturated rings. The lowest BCUT2D eigenvalue weighted by molar-refractivity contribution is 0.141. The molecule has 0 N–H and O–H groups in total. The van der Waals surface area contributed by atoms with Crippen LogP contribution >= 0.6 is 11.8 Å². The van der Waals surface area contributed by atoms with Crippen LogP contribution in [0.15, 0.2) is 64.8 Å². The molecule has 0 unspecified atom stereocenters. The van der Waals surface area contributed by atoms with Crippen LogP contribution in [-0.4, -0.2) is 36.8 Å². The first-order chi connectivity index (χ1) is 16.2. The van der Waals surface area contributed by atoms with Crippen LogP contribution in [0.25, 0.3) is 22.2 Å². The number of pyridine rings is 1. The summed E-state index contributed by atoms with van der Waals surface area (Å²) in [5, 5.41) is 19.8. The van der Waals surface area contributed by atoms with Crippen molar-refractivity contribution < 1.29 is 4.74 Å². The lowest BCUT2D eigenvalue weighted by Gasteiger charge is -2.11. The fourth-order valence-electron chi connectivity index (χ4n) is 4.06. The Morgan fingerprint density at radius 3 is 2.79 bits per heavy atom. The molecule has 5 aromatic rings. The van der Waals surface area contributed by atoms with Crippen molar-refractivity contribution in [3.63, 3.8) is 0 Å². The molecule has 0 saturated heterocycles. The SMILES string of the molecule is CCOCCCn1c(=O)c2ccccc2n2c(SCc3cn4ccccc4c3C#N)nnc12. The number of nitrogens with zero attached hydrogens (tertiary/aromatic N) is 6. The molecule has 33 heavy (non-hydrogen) atoms. The molecule has 0 radical (unpaired) electrons. The van der Waals surface area contributed by atoms with Gasteiger partial charge in [0, 0.05) is 37.9 Å². The molecule has 5 rings (SSSR count). The number of benzene rings is 1. The van der Waals surface area contributed by atoms with E-state index in [4.69, 9.17) is 4.74 Å². The van der Waals surface area contributed by atoms with Gasteiger partial charge in [-0.3, -0.25) is 13.8 Å². The number of rotatable bonds is 8. The van der Waals surface area contributed by atoms with Gasteiger partial charge in [-0.05, 0) is 43.2 Å². The minimum absolute atomic E-state index is 0.0796. The number of ether oxygens (including phenoxy) is 1. The zero-order valence-electron chi connectivity index (χ0n) is 18.1. The fourth-order valence-corrected chi connectivity index (χ4v) is 4.97. The highest BCUT2D eigenvalue weighted by Gasteiger charge is 2.18. The van der Waals surface area contributed by atoms with Gasteiger partial charge in [-0.15, -0.1) is 10.2 Å². The average Bonchev–Trinajstić information content (AvgIpc) is 3.43. The van der Waals surface area contributed by atoms with Gasteiger partial charge < -0.3 is 9.14 Å². The largest absolute Gasteiger partial charge is 0.382 e. The average molecular weight is 459 g/mol. The highest BCUT2D eigenvalue weighted by atomic mass is 32.2. The summed E-state index contributed by atoms with van der Waals surface area (Å²) in [5.41, 5.74) is 3.17. The molecule has 0 atom stereocenters. The van der Waals surface area contributed by atoms with Gasteiger partial charge in [-0.1, -0.05) is 30.0 Å². The summed E-state index contributed by atoms with van der Waals surface area (Å²) in [6, 6.07) is 15.6. The van der Waals surface area contributed by atoms with Crippen LogP contribution in [0.3, 0.4) is 0 Å². The zero-order chi connectivity index (χ0) is 22.8. The number of aryl methyl sites for hydroxylation is 1. The second-order valence-corrected chi connectivity index (χ2v) is 8.51. The van der Waals surface area contributed by atoms with Crippen molar-refractivity contribution >= 4 is 34.0 Å². The quantitative estimate of drug-likeness (QED) is 0.259. The van der Waals surface area contributed by atoms with Gasteiger partial charge in [0.15, 0.2) is 5.16 Å². The molecule has 4 aromatic heterocycles. The van der Waals surface area contributed by atoms with Gasteiger partial charge in [0.1, 0.15) is 6.07 Å². The molecule has 1 aromatic carbocycles. The molecule has 8 nitrogen and oxygen atoms in total. The van der Waals surface area contributed by atoms with Crippen LogP contribution in [0.2, 0.25) is 0 Å². The van der Waals surface area contributed by atoms with E-state index in [-0.39, 0.29) is 5.56 Å². The van der Waals surface area contributed by atoms with Gasteiger partial charge in [-0.25, -0.2) is 0 Å². The Balaban J connectivity index is 1.55. The first-order valence-electron chi connectivity index (χ1n) is 10.8. The smallest absolute Gasteiger partial charge is 0.262 e. The third-order valence-electron chi connectivity index (χ3n) is 5.58. The van der Waals surface area contributed by atoms with E-state index < -0.39 is 0 Å². The maximum absolute atomic E-state index is 13.2. The summed E-state index contributed by atoms with van der Waals surface area (Å²) in [7, 11) is 0. The van der Waals surface area contributed by atoms with Crippen molar-refractivity contribution in [3.8, 4) is 6.07 Å². The molecular weight excluding hydrogens is 436 g/mol. The molecule has 166 valence electrons. The van der Waals surface area contributed by atoms with Crippen molar-refractivity contribution in [1.82, 2.24) is 23.6 Å². The molecule has 9 heteroatoms. The van der Waals surface area contributed by atoms with E-state index in [0.717, 1.165) is 16.6 Å². The molecular formula is C24H22N6O2S. The Labute approximate surface area is 194 Å². The Hall–Kier alpha value is -3.61. The van der Waals surface area contributed by atoms with Crippen molar-refractivity contribution in [3.05, 3.63) is 76.3 Å². The van der Waals surface area contributed by atoms with Gasteiger partial charge in [0.25, 0.3) is 5.56 Å². The number of fused-ring (bicyclic) bond motifs is 4. The van der Waals surface area contributed by atoms with E-state index in [1.54, 1.807) is 4.57 Å². The van der Waals surface area contributed by atoms with E-state index in [0.29, 0.717) is 53.8 Å². The maximum atomic E-state index is 13.2. The maximum Gasteiger partial charge on any atom is 0.262 e. The monoisotopic (exact) mass is 458 g/mol. The predicted molar refractivity (Wildman–Crippen MR) is 128 cm³/mol. The van der Waals surface area contributed by atoms with Gasteiger partial charge in [0.2, 0.25) is 5.78 Å². The molecule has 4 heterocycles. The van der Waals surface area contributed by atoms with Crippen LogP contribution in [-0.2, 0) is 17.0 Å². The van der Waals surface area contributed by atoms with Crippen molar-refractivity contribution in [2.75, 3.05) is 13.2 Å². The highest BCUT2D eigenvalue weighted by molar-refractivity contribution is 7.98. The van der Waals surface area contributed by atoms with Gasteiger partial charge in [-0.2, -0.15) is 5.26 Å². The van der Waals surface area contributed by atoms with E-state index in [1.807, 2.05) is 70.6 Å². The minimum Gasteiger partial charge on any atom is -0.382 e. The normalized spacial score (nSPS) is 11.5.